The molecule has 0 bridgehead atoms. The van der Waals surface area contributed by atoms with Crippen LogP contribution in [-0.4, -0.2) is 11.3 Å². The summed E-state index contributed by atoms with van der Waals surface area (Å²) in [5.41, 5.74) is 0.159. The lowest BCUT2D eigenvalue weighted by Gasteiger charge is -2.30. The number of nitrogens with two attached hydrogens (primary N) is 1. The highest BCUT2D eigenvalue weighted by Gasteiger charge is 2.35. The molecule has 1 aliphatic carbocycles. The van der Waals surface area contributed by atoms with Gasteiger partial charge in [0.15, 0.2) is 11.3 Å². The fourth-order valence-electron chi connectivity index (χ4n) is 1.33. The minimum absolute atomic E-state index is 0.119. The van der Waals surface area contributed by atoms with E-state index in [0.717, 1.165) is 24.7 Å². The molecule has 3 heteroatoms. The summed E-state index contributed by atoms with van der Waals surface area (Å²) < 4.78 is 0. The van der Waals surface area contributed by atoms with Crippen molar-refractivity contribution in [1.82, 2.24) is 0 Å². The maximum atomic E-state index is 11.1. The number of rotatable bonds is 1. The zero-order valence-corrected chi connectivity index (χ0v) is 6.22. The van der Waals surface area contributed by atoms with Crippen molar-refractivity contribution < 1.29 is 10.3 Å². The fraction of sp³-hybridized carbons (Fsp3) is 0.857. The fourth-order valence-corrected chi connectivity index (χ4v) is 1.33. The molecule has 0 heterocycles. The third kappa shape index (κ3) is 1.20. The number of hydroxylamine groups is 1. The normalized spacial score (nSPS) is 34.4. The molecule has 1 fully saturated rings. The van der Waals surface area contributed by atoms with Gasteiger partial charge in [-0.1, -0.05) is 0 Å². The second-order valence-corrected chi connectivity index (χ2v) is 3.17. The van der Waals surface area contributed by atoms with E-state index in [2.05, 4.69) is 0 Å². The molecule has 0 aromatic rings. The van der Waals surface area contributed by atoms with E-state index in [1.54, 1.807) is 6.92 Å². The van der Waals surface area contributed by atoms with Gasteiger partial charge in [-0.25, -0.2) is 0 Å². The summed E-state index contributed by atoms with van der Waals surface area (Å²) in [5, 5.41) is 10.5. The molecular weight excluding hydrogens is 130 g/mol. The highest BCUT2D eigenvalue weighted by Crippen LogP contribution is 2.20. The molecule has 0 amide bonds. The Morgan fingerprint density at radius 1 is 1.60 bits per heavy atom. The Balaban J connectivity index is 2.63. The van der Waals surface area contributed by atoms with Crippen molar-refractivity contribution in [3.8, 4) is 0 Å². The number of quaternary nitrogens is 1. The number of carbonyl (C=O) groups excluding carboxylic acids is 1. The van der Waals surface area contributed by atoms with Crippen molar-refractivity contribution in [3.05, 3.63) is 5.21 Å². The minimum atomic E-state index is -0.641. The van der Waals surface area contributed by atoms with Crippen molar-refractivity contribution in [2.24, 2.45) is 0 Å². The SMILES string of the molecule is CC1([NH2+][O-])CCCCC1=O. The van der Waals surface area contributed by atoms with E-state index >= 15 is 0 Å². The van der Waals surface area contributed by atoms with Gasteiger partial charge in [-0.2, -0.15) is 0 Å². The monoisotopic (exact) mass is 143 g/mol. The van der Waals surface area contributed by atoms with E-state index < -0.39 is 5.54 Å². The predicted molar refractivity (Wildman–Crippen MR) is 37.2 cm³/mol. The molecule has 2 N–H and O–H groups in total. The number of carbonyl (C=O) groups is 1. The Hall–Kier alpha value is -0.410. The first kappa shape index (κ1) is 7.69. The van der Waals surface area contributed by atoms with Gasteiger partial charge in [-0.15, -0.1) is 0 Å². The maximum absolute atomic E-state index is 11.1. The summed E-state index contributed by atoms with van der Waals surface area (Å²) in [6.45, 7) is 1.74. The van der Waals surface area contributed by atoms with Crippen LogP contribution in [0.15, 0.2) is 0 Å². The summed E-state index contributed by atoms with van der Waals surface area (Å²) in [7, 11) is 0. The van der Waals surface area contributed by atoms with Crippen LogP contribution in [0.25, 0.3) is 0 Å². The van der Waals surface area contributed by atoms with Gasteiger partial charge >= 0.3 is 0 Å². The van der Waals surface area contributed by atoms with Crippen LogP contribution in [0.2, 0.25) is 0 Å². The molecule has 0 spiro atoms. The van der Waals surface area contributed by atoms with Gasteiger partial charge in [0.2, 0.25) is 0 Å². The number of Topliss-reactive ketones (excluding diaryl/α,β-unsaturated/α-hetero) is 1. The first-order valence-corrected chi connectivity index (χ1v) is 3.69. The van der Waals surface area contributed by atoms with Crippen LogP contribution in [0.1, 0.15) is 32.6 Å². The smallest absolute Gasteiger partial charge is 0.192 e. The molecule has 58 valence electrons. The minimum Gasteiger partial charge on any atom is -0.635 e. The highest BCUT2D eigenvalue weighted by molar-refractivity contribution is 5.86. The summed E-state index contributed by atoms with van der Waals surface area (Å²) in [6, 6.07) is 0. The largest absolute Gasteiger partial charge is 0.635 e. The van der Waals surface area contributed by atoms with E-state index in [4.69, 9.17) is 0 Å². The lowest BCUT2D eigenvalue weighted by molar-refractivity contribution is -0.651. The molecular formula is C7H13NO2. The van der Waals surface area contributed by atoms with Gasteiger partial charge in [0.25, 0.3) is 0 Å². The molecule has 0 aliphatic heterocycles. The van der Waals surface area contributed by atoms with Crippen molar-refractivity contribution in [2.75, 3.05) is 0 Å². The van der Waals surface area contributed by atoms with Crippen LogP contribution in [0.3, 0.4) is 0 Å². The maximum Gasteiger partial charge on any atom is 0.192 e. The highest BCUT2D eigenvalue weighted by atomic mass is 16.5. The molecule has 1 rings (SSSR count). The average molecular weight is 143 g/mol. The molecule has 1 atom stereocenters. The van der Waals surface area contributed by atoms with Gasteiger partial charge < -0.3 is 10.7 Å². The molecule has 0 saturated heterocycles. The molecule has 0 radical (unpaired) electrons. The lowest BCUT2D eigenvalue weighted by atomic mass is 9.83. The molecule has 10 heavy (non-hydrogen) atoms. The predicted octanol–water partition coefficient (Wildman–Crippen LogP) is -0.0506. The molecule has 0 aromatic carbocycles. The number of ketones is 1. The Morgan fingerprint density at radius 2 is 2.30 bits per heavy atom. The molecule has 0 aromatic heterocycles. The zero-order valence-electron chi connectivity index (χ0n) is 6.22. The van der Waals surface area contributed by atoms with E-state index in [1.807, 2.05) is 0 Å². The van der Waals surface area contributed by atoms with Gasteiger partial charge in [0.1, 0.15) is 0 Å². The summed E-state index contributed by atoms with van der Waals surface area (Å²) in [5.74, 6) is 0.119. The Bertz CT molecular complexity index is 147. The Kier molecular flexibility index (Phi) is 2.06. The van der Waals surface area contributed by atoms with Crippen LogP contribution >= 0.6 is 0 Å². The number of hydrogen-bond acceptors (Lipinski definition) is 2. The summed E-state index contributed by atoms with van der Waals surface area (Å²) in [6.07, 6.45) is 3.31. The van der Waals surface area contributed by atoms with Crippen molar-refractivity contribution in [3.63, 3.8) is 0 Å². The van der Waals surface area contributed by atoms with Crippen LogP contribution in [0, 0.1) is 5.21 Å². The van der Waals surface area contributed by atoms with Crippen LogP contribution < -0.4 is 5.48 Å². The van der Waals surface area contributed by atoms with Gasteiger partial charge in [0.05, 0.1) is 0 Å². The molecule has 1 unspecified atom stereocenters. The second-order valence-electron chi connectivity index (χ2n) is 3.17. The van der Waals surface area contributed by atoms with E-state index in [0.29, 0.717) is 6.42 Å². The quantitative estimate of drug-likeness (QED) is 0.523. The molecule has 3 nitrogen and oxygen atoms in total. The van der Waals surface area contributed by atoms with E-state index in [1.165, 1.54) is 0 Å². The van der Waals surface area contributed by atoms with Gasteiger partial charge in [-0.05, 0) is 19.8 Å². The Morgan fingerprint density at radius 3 is 2.70 bits per heavy atom. The molecule has 1 aliphatic rings. The van der Waals surface area contributed by atoms with Crippen LogP contribution in [-0.2, 0) is 4.79 Å². The summed E-state index contributed by atoms with van der Waals surface area (Å²) >= 11 is 0. The van der Waals surface area contributed by atoms with Crippen molar-refractivity contribution in [2.45, 2.75) is 38.1 Å². The van der Waals surface area contributed by atoms with Gasteiger partial charge in [0, 0.05) is 12.8 Å². The third-order valence-electron chi connectivity index (χ3n) is 2.25. The standard InChI is InChI=1S/C7H13NO2/c1-7(8-10)5-3-2-4-6(7)9/h2-5,8H2,1H3. The first-order chi connectivity index (χ1) is 4.69. The van der Waals surface area contributed by atoms with E-state index in [9.17, 15) is 10.0 Å². The average Bonchev–Trinajstić information content (AvgIpc) is 1.96. The molecule has 1 saturated carbocycles. The van der Waals surface area contributed by atoms with Crippen LogP contribution in [0.5, 0.6) is 0 Å². The topological polar surface area (TPSA) is 56.7 Å². The van der Waals surface area contributed by atoms with Gasteiger partial charge in [-0.3, -0.25) is 4.79 Å². The zero-order chi connectivity index (χ0) is 7.61. The van der Waals surface area contributed by atoms with Crippen molar-refractivity contribution in [1.29, 1.82) is 0 Å². The third-order valence-corrected chi connectivity index (χ3v) is 2.25. The van der Waals surface area contributed by atoms with E-state index in [-0.39, 0.29) is 5.78 Å². The lowest BCUT2D eigenvalue weighted by Crippen LogP contribution is -2.93. The van der Waals surface area contributed by atoms with Crippen LogP contribution in [0.4, 0.5) is 0 Å². The Labute approximate surface area is 60.4 Å². The second kappa shape index (κ2) is 2.68. The summed E-state index contributed by atoms with van der Waals surface area (Å²) in [4.78, 5) is 11.1. The first-order valence-electron chi connectivity index (χ1n) is 3.69. The van der Waals surface area contributed by atoms with Crippen molar-refractivity contribution >= 4 is 5.78 Å². The number of hydrogen-bond donors (Lipinski definition) is 1.